The van der Waals surface area contributed by atoms with Crippen molar-refractivity contribution >= 4 is 0 Å². The first-order chi connectivity index (χ1) is 2.27. The van der Waals surface area contributed by atoms with Gasteiger partial charge in [-0.25, -0.2) is 0 Å². The van der Waals surface area contributed by atoms with E-state index in [1.807, 2.05) is 0 Å². The van der Waals surface area contributed by atoms with Crippen LogP contribution in [0.4, 0.5) is 0 Å². The first-order valence-corrected chi connectivity index (χ1v) is 1.40. The molecule has 0 rings (SSSR count). The molecule has 0 unspecified atom stereocenters. The van der Waals surface area contributed by atoms with Gasteiger partial charge in [-0.3, -0.25) is 0 Å². The van der Waals surface area contributed by atoms with Crippen LogP contribution in [0.5, 0.6) is 0 Å². The van der Waals surface area contributed by atoms with Gasteiger partial charge in [0.1, 0.15) is 0 Å². The Kier molecular flexibility index (Phi) is 2.14. The zero-order valence-electron chi connectivity index (χ0n) is 3.49. The first-order valence-electron chi connectivity index (χ1n) is 1.40. The number of rotatable bonds is 1. The Balaban J connectivity index is 2.54. The minimum absolute atomic E-state index is 0.505. The Hall–Kier alpha value is -0.0800. The van der Waals surface area contributed by atoms with Crippen molar-refractivity contribution in [2.24, 2.45) is 5.73 Å². The van der Waals surface area contributed by atoms with Crippen LogP contribution in [0, 0.1) is 6.23 Å². The normalized spacial score (nSPS) is 9.60. The fraction of sp³-hybridized carbons (Fsp3) is 0.667. The Labute approximate surface area is 31.9 Å². The van der Waals surface area contributed by atoms with E-state index in [1.165, 1.54) is 7.11 Å². The molecule has 0 fully saturated rings. The highest BCUT2D eigenvalue weighted by atomic mass is 16.5. The van der Waals surface area contributed by atoms with E-state index in [0.717, 1.165) is 0 Å². The maximum absolute atomic E-state index is 4.99. The topological polar surface area (TPSA) is 35.2 Å². The summed E-state index contributed by atoms with van der Waals surface area (Å²) in [7, 11) is 1.54. The van der Waals surface area contributed by atoms with Crippen LogP contribution >= 0.6 is 0 Å². The molecule has 0 saturated carbocycles. The van der Waals surface area contributed by atoms with Crippen molar-refractivity contribution in [3.63, 3.8) is 0 Å². The van der Waals surface area contributed by atoms with E-state index >= 15 is 0 Å². The SMILES string of the molecule is CO[C](C)N. The molecule has 0 saturated heterocycles. The van der Waals surface area contributed by atoms with Crippen molar-refractivity contribution in [2.75, 3.05) is 7.11 Å². The third-order valence-corrected chi connectivity index (χ3v) is 0.322. The van der Waals surface area contributed by atoms with Crippen molar-refractivity contribution in [1.29, 1.82) is 0 Å². The Morgan fingerprint density at radius 2 is 2.00 bits per heavy atom. The number of hydrogen-bond acceptors (Lipinski definition) is 2. The van der Waals surface area contributed by atoms with E-state index in [4.69, 9.17) is 5.73 Å². The van der Waals surface area contributed by atoms with Crippen LogP contribution < -0.4 is 5.73 Å². The fourth-order valence-corrected chi connectivity index (χ4v) is 0. The van der Waals surface area contributed by atoms with Gasteiger partial charge >= 0.3 is 0 Å². The molecular weight excluding hydrogens is 66.0 g/mol. The van der Waals surface area contributed by atoms with Gasteiger partial charge in [0.15, 0.2) is 6.23 Å². The second-order valence-electron chi connectivity index (χ2n) is 0.815. The molecular formula is C3H8NO. The van der Waals surface area contributed by atoms with E-state index in [2.05, 4.69) is 4.74 Å². The molecule has 31 valence electrons. The molecule has 0 aromatic heterocycles. The molecule has 5 heavy (non-hydrogen) atoms. The largest absolute Gasteiger partial charge is 0.360 e. The Morgan fingerprint density at radius 3 is 2.00 bits per heavy atom. The molecule has 2 N–H and O–H groups in total. The van der Waals surface area contributed by atoms with Gasteiger partial charge < -0.3 is 10.5 Å². The maximum atomic E-state index is 4.99. The molecule has 2 nitrogen and oxygen atoms in total. The van der Waals surface area contributed by atoms with Crippen molar-refractivity contribution in [3.8, 4) is 0 Å². The van der Waals surface area contributed by atoms with Gasteiger partial charge in [-0.2, -0.15) is 0 Å². The number of methoxy groups -OCH3 is 1. The molecule has 1 radical (unpaired) electrons. The van der Waals surface area contributed by atoms with Crippen LogP contribution in [0.1, 0.15) is 6.92 Å². The molecule has 0 aliphatic carbocycles. The van der Waals surface area contributed by atoms with E-state index in [9.17, 15) is 0 Å². The molecule has 0 aliphatic rings. The lowest BCUT2D eigenvalue weighted by molar-refractivity contribution is 0.216. The highest BCUT2D eigenvalue weighted by molar-refractivity contribution is 4.53. The second kappa shape index (κ2) is 2.18. The third kappa shape index (κ3) is 3.92. The molecule has 0 bridgehead atoms. The molecule has 0 aliphatic heterocycles. The quantitative estimate of drug-likeness (QED) is 0.478. The van der Waals surface area contributed by atoms with E-state index in [0.29, 0.717) is 6.23 Å². The number of nitrogens with two attached hydrogens (primary N) is 1. The monoisotopic (exact) mass is 74.1 g/mol. The Bertz CT molecular complexity index is 20.9. The van der Waals surface area contributed by atoms with Crippen molar-refractivity contribution in [2.45, 2.75) is 6.92 Å². The molecule has 0 amide bonds. The molecule has 0 aromatic carbocycles. The lowest BCUT2D eigenvalue weighted by atomic mass is 10.7. The first kappa shape index (κ1) is 4.92. The summed E-state index contributed by atoms with van der Waals surface area (Å²) in [6.45, 7) is 1.69. The number of hydrogen-bond donors (Lipinski definition) is 1. The highest BCUT2D eigenvalue weighted by Crippen LogP contribution is 1.79. The average molecular weight is 74.1 g/mol. The fourth-order valence-electron chi connectivity index (χ4n) is 0. The zero-order valence-corrected chi connectivity index (χ0v) is 3.49. The molecule has 0 heterocycles. The van der Waals surface area contributed by atoms with Gasteiger partial charge in [0.05, 0.1) is 0 Å². The summed E-state index contributed by atoms with van der Waals surface area (Å²) in [6, 6.07) is 0. The summed E-state index contributed by atoms with van der Waals surface area (Å²) in [6.07, 6.45) is 0.505. The zero-order chi connectivity index (χ0) is 4.28. The van der Waals surface area contributed by atoms with Crippen molar-refractivity contribution in [3.05, 3.63) is 6.23 Å². The molecule has 0 aromatic rings. The maximum Gasteiger partial charge on any atom is 0.155 e. The van der Waals surface area contributed by atoms with Crippen LogP contribution in [0.2, 0.25) is 0 Å². The minimum Gasteiger partial charge on any atom is -0.360 e. The summed E-state index contributed by atoms with van der Waals surface area (Å²) in [4.78, 5) is 0. The Morgan fingerprint density at radius 1 is 1.80 bits per heavy atom. The van der Waals surface area contributed by atoms with Crippen LogP contribution in [-0.4, -0.2) is 7.11 Å². The van der Waals surface area contributed by atoms with Gasteiger partial charge in [0.25, 0.3) is 0 Å². The molecule has 2 heteroatoms. The lowest BCUT2D eigenvalue weighted by Gasteiger charge is -1.93. The number of ether oxygens (including phenoxy) is 1. The van der Waals surface area contributed by atoms with Gasteiger partial charge in [0, 0.05) is 7.11 Å². The van der Waals surface area contributed by atoms with E-state index in [1.54, 1.807) is 6.92 Å². The van der Waals surface area contributed by atoms with Gasteiger partial charge in [-0.1, -0.05) is 0 Å². The summed E-state index contributed by atoms with van der Waals surface area (Å²) in [5.41, 5.74) is 4.99. The predicted octanol–water partition coefficient (Wildman–Crippen LogP) is 0.101. The van der Waals surface area contributed by atoms with E-state index in [-0.39, 0.29) is 0 Å². The summed E-state index contributed by atoms with van der Waals surface area (Å²) in [5.74, 6) is 0. The van der Waals surface area contributed by atoms with Crippen LogP contribution in [0.3, 0.4) is 0 Å². The van der Waals surface area contributed by atoms with Gasteiger partial charge in [-0.05, 0) is 6.92 Å². The van der Waals surface area contributed by atoms with Crippen LogP contribution in [-0.2, 0) is 4.74 Å². The third-order valence-electron chi connectivity index (χ3n) is 0.322. The lowest BCUT2D eigenvalue weighted by Crippen LogP contribution is -2.05. The van der Waals surface area contributed by atoms with Crippen molar-refractivity contribution < 1.29 is 4.74 Å². The smallest absolute Gasteiger partial charge is 0.155 e. The predicted molar refractivity (Wildman–Crippen MR) is 20.1 cm³/mol. The second-order valence-corrected chi connectivity index (χ2v) is 0.815. The molecule has 0 atom stereocenters. The summed E-state index contributed by atoms with van der Waals surface area (Å²) < 4.78 is 4.44. The van der Waals surface area contributed by atoms with Crippen LogP contribution in [0.15, 0.2) is 0 Å². The summed E-state index contributed by atoms with van der Waals surface area (Å²) in [5, 5.41) is 0. The standard InChI is InChI=1S/C3H8NO/c1-3(4)5-2/h4H2,1-2H3. The molecule has 0 spiro atoms. The summed E-state index contributed by atoms with van der Waals surface area (Å²) >= 11 is 0. The van der Waals surface area contributed by atoms with E-state index < -0.39 is 0 Å². The average Bonchev–Trinajstić information content (AvgIpc) is 1.38. The minimum atomic E-state index is 0.505. The van der Waals surface area contributed by atoms with Crippen molar-refractivity contribution in [1.82, 2.24) is 0 Å². The van der Waals surface area contributed by atoms with Crippen LogP contribution in [0.25, 0.3) is 0 Å². The van der Waals surface area contributed by atoms with Gasteiger partial charge in [0.2, 0.25) is 0 Å². The van der Waals surface area contributed by atoms with Gasteiger partial charge in [-0.15, -0.1) is 0 Å². The highest BCUT2D eigenvalue weighted by Gasteiger charge is 1.81.